The first-order valence-corrected chi connectivity index (χ1v) is 4.48. The number of aryl methyl sites for hydroxylation is 1. The first-order chi connectivity index (χ1) is 4.75. The molecular weight excluding hydrogens is 142 g/mol. The molecule has 1 aromatic heterocycles. The van der Waals surface area contributed by atoms with Gasteiger partial charge in [0.15, 0.2) is 5.69 Å². The Morgan fingerprint density at radius 3 is 2.60 bits per heavy atom. The van der Waals surface area contributed by atoms with Crippen LogP contribution in [0.25, 0.3) is 0 Å². The lowest BCUT2D eigenvalue weighted by Gasteiger charge is -1.96. The first-order valence-electron chi connectivity index (χ1n) is 3.25. The summed E-state index contributed by atoms with van der Waals surface area (Å²) < 4.78 is 2.19. The molecule has 0 amide bonds. The number of aromatic nitrogens is 1. The van der Waals surface area contributed by atoms with Crippen molar-refractivity contribution in [2.45, 2.75) is 11.9 Å². The van der Waals surface area contributed by atoms with Crippen molar-refractivity contribution >= 4 is 11.8 Å². The van der Waals surface area contributed by atoms with Crippen LogP contribution in [-0.2, 0) is 7.05 Å². The smallest absolute Gasteiger partial charge is 0.193 e. The number of rotatable bonds is 1. The Kier molecular flexibility index (Phi) is 2.33. The van der Waals surface area contributed by atoms with E-state index in [1.54, 1.807) is 11.8 Å². The second-order valence-electron chi connectivity index (χ2n) is 2.27. The molecule has 1 nitrogen and oxygen atoms in total. The van der Waals surface area contributed by atoms with Gasteiger partial charge in [0.05, 0.1) is 0 Å². The summed E-state index contributed by atoms with van der Waals surface area (Å²) in [6, 6.07) is 6.32. The van der Waals surface area contributed by atoms with Crippen LogP contribution in [0.4, 0.5) is 0 Å². The molecule has 1 heterocycles. The van der Waals surface area contributed by atoms with Gasteiger partial charge in [0.1, 0.15) is 7.05 Å². The minimum absolute atomic E-state index is 1.30. The maximum Gasteiger partial charge on any atom is 0.239 e. The second kappa shape index (κ2) is 3.06. The van der Waals surface area contributed by atoms with Gasteiger partial charge in [0.2, 0.25) is 5.03 Å². The molecule has 0 bridgehead atoms. The number of hydrogen-bond acceptors (Lipinski definition) is 1. The highest BCUT2D eigenvalue weighted by Gasteiger charge is 2.04. The van der Waals surface area contributed by atoms with E-state index in [1.807, 2.05) is 0 Å². The molecule has 0 saturated heterocycles. The van der Waals surface area contributed by atoms with Gasteiger partial charge in [-0.3, -0.25) is 0 Å². The van der Waals surface area contributed by atoms with Gasteiger partial charge in [-0.15, -0.1) is 0 Å². The molecule has 0 N–H and O–H groups in total. The Morgan fingerprint density at radius 2 is 2.10 bits per heavy atom. The van der Waals surface area contributed by atoms with E-state index in [1.165, 1.54) is 10.7 Å². The molecule has 10 heavy (non-hydrogen) atoms. The molecule has 1 rings (SSSR count). The van der Waals surface area contributed by atoms with Crippen LogP contribution >= 0.6 is 11.8 Å². The normalized spacial score (nSPS) is 9.90. The molecule has 0 atom stereocenters. The van der Waals surface area contributed by atoms with E-state index in [0.29, 0.717) is 0 Å². The summed E-state index contributed by atoms with van der Waals surface area (Å²) in [6.45, 7) is 2.11. The lowest BCUT2D eigenvalue weighted by atomic mass is 10.4. The minimum atomic E-state index is 1.30. The second-order valence-corrected chi connectivity index (χ2v) is 3.10. The highest BCUT2D eigenvalue weighted by atomic mass is 32.2. The summed E-state index contributed by atoms with van der Waals surface area (Å²) in [5, 5.41) is 1.31. The standard InChI is InChI=1S/C8H12NS/c1-7-5-4-6-8(10-3)9(7)2/h4-6H,1-3H3/q+1. The van der Waals surface area contributed by atoms with Crippen LogP contribution in [-0.4, -0.2) is 6.26 Å². The summed E-state index contributed by atoms with van der Waals surface area (Å²) in [5.41, 5.74) is 1.30. The maximum absolute atomic E-state index is 2.19. The quantitative estimate of drug-likeness (QED) is 0.438. The van der Waals surface area contributed by atoms with Crippen LogP contribution in [0, 0.1) is 6.92 Å². The molecule has 0 aliphatic rings. The van der Waals surface area contributed by atoms with Gasteiger partial charge >= 0.3 is 0 Å². The highest BCUT2D eigenvalue weighted by molar-refractivity contribution is 7.98. The van der Waals surface area contributed by atoms with Gasteiger partial charge in [0, 0.05) is 19.1 Å². The van der Waals surface area contributed by atoms with Crippen LogP contribution in [0.5, 0.6) is 0 Å². The molecule has 0 aromatic carbocycles. The van der Waals surface area contributed by atoms with Crippen molar-refractivity contribution in [1.82, 2.24) is 0 Å². The molecule has 0 radical (unpaired) electrons. The number of thioether (sulfide) groups is 1. The molecule has 2 heteroatoms. The first kappa shape index (κ1) is 7.61. The molecule has 0 fully saturated rings. The van der Waals surface area contributed by atoms with E-state index in [-0.39, 0.29) is 0 Å². The average Bonchev–Trinajstić information content (AvgIpc) is 1.95. The van der Waals surface area contributed by atoms with E-state index in [9.17, 15) is 0 Å². The fraction of sp³-hybridized carbons (Fsp3) is 0.375. The number of pyridine rings is 1. The van der Waals surface area contributed by atoms with Crippen LogP contribution in [0.3, 0.4) is 0 Å². The summed E-state index contributed by atoms with van der Waals surface area (Å²) in [4.78, 5) is 0. The topological polar surface area (TPSA) is 3.88 Å². The molecule has 1 aromatic rings. The summed E-state index contributed by atoms with van der Waals surface area (Å²) in [6.07, 6.45) is 2.09. The molecule has 0 unspecified atom stereocenters. The van der Waals surface area contributed by atoms with E-state index in [0.717, 1.165) is 0 Å². The third kappa shape index (κ3) is 1.32. The van der Waals surface area contributed by atoms with E-state index < -0.39 is 0 Å². The SMILES string of the molecule is CSc1cccc(C)[n+]1C. The lowest BCUT2D eigenvalue weighted by Crippen LogP contribution is -2.34. The summed E-state index contributed by atoms with van der Waals surface area (Å²) in [7, 11) is 2.08. The van der Waals surface area contributed by atoms with Crippen molar-refractivity contribution in [3.8, 4) is 0 Å². The van der Waals surface area contributed by atoms with Crippen molar-refractivity contribution in [3.05, 3.63) is 23.9 Å². The third-order valence-electron chi connectivity index (χ3n) is 1.65. The fourth-order valence-electron chi connectivity index (χ4n) is 0.872. The number of hydrogen-bond donors (Lipinski definition) is 0. The van der Waals surface area contributed by atoms with Crippen molar-refractivity contribution in [1.29, 1.82) is 0 Å². The van der Waals surface area contributed by atoms with Crippen LogP contribution in [0.1, 0.15) is 5.69 Å². The maximum atomic E-state index is 2.19. The Hall–Kier alpha value is -0.500. The number of nitrogens with zero attached hydrogens (tertiary/aromatic N) is 1. The minimum Gasteiger partial charge on any atom is -0.193 e. The van der Waals surface area contributed by atoms with Gasteiger partial charge in [0.25, 0.3) is 0 Å². The Labute approximate surface area is 66.1 Å². The largest absolute Gasteiger partial charge is 0.239 e. The summed E-state index contributed by atoms with van der Waals surface area (Å²) in [5.74, 6) is 0. The zero-order valence-corrected chi connectivity index (χ0v) is 7.40. The van der Waals surface area contributed by atoms with Crippen LogP contribution in [0.2, 0.25) is 0 Å². The van der Waals surface area contributed by atoms with E-state index in [2.05, 4.69) is 43.0 Å². The lowest BCUT2D eigenvalue weighted by molar-refractivity contribution is -0.714. The van der Waals surface area contributed by atoms with Crippen LogP contribution in [0.15, 0.2) is 23.2 Å². The van der Waals surface area contributed by atoms with Gasteiger partial charge in [-0.05, 0) is 12.3 Å². The van der Waals surface area contributed by atoms with Crippen molar-refractivity contribution in [2.75, 3.05) is 6.26 Å². The van der Waals surface area contributed by atoms with Crippen molar-refractivity contribution < 1.29 is 4.57 Å². The van der Waals surface area contributed by atoms with E-state index in [4.69, 9.17) is 0 Å². The fourth-order valence-corrected chi connectivity index (χ4v) is 1.50. The van der Waals surface area contributed by atoms with Gasteiger partial charge in [-0.25, -0.2) is 0 Å². The van der Waals surface area contributed by atoms with E-state index >= 15 is 0 Å². The Morgan fingerprint density at radius 1 is 1.40 bits per heavy atom. The molecule has 0 saturated carbocycles. The highest BCUT2D eigenvalue weighted by Crippen LogP contribution is 2.07. The van der Waals surface area contributed by atoms with Crippen LogP contribution < -0.4 is 4.57 Å². The van der Waals surface area contributed by atoms with Gasteiger partial charge in [-0.2, -0.15) is 4.57 Å². The molecule has 54 valence electrons. The van der Waals surface area contributed by atoms with Gasteiger partial charge in [-0.1, -0.05) is 11.8 Å². The Balaban J connectivity index is 3.14. The van der Waals surface area contributed by atoms with Gasteiger partial charge < -0.3 is 0 Å². The molecular formula is C8H12NS+. The average molecular weight is 154 g/mol. The predicted molar refractivity (Wildman–Crippen MR) is 44.1 cm³/mol. The molecule has 0 aliphatic carbocycles. The zero-order valence-electron chi connectivity index (χ0n) is 6.59. The van der Waals surface area contributed by atoms with Crippen molar-refractivity contribution in [3.63, 3.8) is 0 Å². The molecule has 0 spiro atoms. The summed E-state index contributed by atoms with van der Waals surface area (Å²) >= 11 is 1.77. The van der Waals surface area contributed by atoms with Crippen molar-refractivity contribution in [2.24, 2.45) is 7.05 Å². The Bertz CT molecular complexity index is 233. The monoisotopic (exact) mass is 154 g/mol. The third-order valence-corrected chi connectivity index (χ3v) is 2.47. The zero-order chi connectivity index (χ0) is 7.56. The predicted octanol–water partition coefficient (Wildman–Crippen LogP) is 1.54. The molecule has 0 aliphatic heterocycles.